The Bertz CT molecular complexity index is 904. The van der Waals surface area contributed by atoms with Crippen LogP contribution in [0.5, 0.6) is 5.75 Å². The predicted molar refractivity (Wildman–Crippen MR) is 104 cm³/mol. The fourth-order valence-electron chi connectivity index (χ4n) is 3.53. The molecule has 2 aromatic rings. The van der Waals surface area contributed by atoms with E-state index in [1.54, 1.807) is 24.3 Å². The maximum Gasteiger partial charge on any atom is 0.433 e. The molecule has 3 rings (SSSR count). The molecule has 0 aliphatic heterocycles. The maximum absolute atomic E-state index is 13.0. The van der Waals surface area contributed by atoms with E-state index < -0.39 is 23.7 Å². The largest absolute Gasteiger partial charge is 0.497 e. The minimum atomic E-state index is -5.00. The zero-order chi connectivity index (χ0) is 23.5. The summed E-state index contributed by atoms with van der Waals surface area (Å²) in [6.07, 6.45) is -7.99. The zero-order valence-electron chi connectivity index (χ0n) is 17.0. The Morgan fingerprint density at radius 2 is 1.41 bits per heavy atom. The van der Waals surface area contributed by atoms with Crippen LogP contribution in [0, 0.1) is 0 Å². The summed E-state index contributed by atoms with van der Waals surface area (Å²) in [7, 11) is 1.52. The molecule has 0 bridgehead atoms. The molecule has 1 fully saturated rings. The first kappa shape index (κ1) is 23.7. The van der Waals surface area contributed by atoms with Crippen LogP contribution in [-0.2, 0) is 12.4 Å². The fraction of sp³-hybridized carbons (Fsp3) is 0.429. The standard InChI is InChI=1S/C21H21F6N3O2/c1-32-16-8-2-12(3-9-16)19(31)29-14-6-4-13(5-7-14)28-15-10-17(20(22,23)24)30-18(11-15)21(25,26)27/h2-3,8-11,13-14H,4-7H2,1H3,(H,28,30)(H,29,31). The highest BCUT2D eigenvalue weighted by Crippen LogP contribution is 2.35. The lowest BCUT2D eigenvalue weighted by molar-refractivity contribution is -0.150. The molecule has 1 saturated carbocycles. The number of carbonyl (C=O) groups excluding carboxylic acids is 1. The number of amides is 1. The van der Waals surface area contributed by atoms with Crippen LogP contribution in [0.25, 0.3) is 0 Å². The zero-order valence-corrected chi connectivity index (χ0v) is 17.0. The molecule has 1 aliphatic carbocycles. The molecule has 0 saturated heterocycles. The van der Waals surface area contributed by atoms with Crippen molar-refractivity contribution in [3.63, 3.8) is 0 Å². The molecule has 0 radical (unpaired) electrons. The minimum Gasteiger partial charge on any atom is -0.497 e. The van der Waals surface area contributed by atoms with E-state index in [1.807, 2.05) is 0 Å². The second-order valence-corrected chi connectivity index (χ2v) is 7.52. The molecule has 5 nitrogen and oxygen atoms in total. The van der Waals surface area contributed by atoms with Crippen molar-refractivity contribution in [3.8, 4) is 5.75 Å². The van der Waals surface area contributed by atoms with Gasteiger partial charge in [-0.2, -0.15) is 26.3 Å². The first-order valence-corrected chi connectivity index (χ1v) is 9.83. The van der Waals surface area contributed by atoms with Gasteiger partial charge in [0.1, 0.15) is 17.1 Å². The average molecular weight is 461 g/mol. The number of halogens is 6. The number of hydrogen-bond acceptors (Lipinski definition) is 4. The molecule has 1 amide bonds. The smallest absolute Gasteiger partial charge is 0.433 e. The van der Waals surface area contributed by atoms with Gasteiger partial charge in [-0.15, -0.1) is 0 Å². The number of nitrogens with one attached hydrogen (secondary N) is 2. The number of rotatable bonds is 5. The van der Waals surface area contributed by atoms with E-state index in [0.29, 0.717) is 49.1 Å². The van der Waals surface area contributed by atoms with Gasteiger partial charge in [-0.1, -0.05) is 0 Å². The Kier molecular flexibility index (Phi) is 6.85. The van der Waals surface area contributed by atoms with Crippen LogP contribution in [-0.4, -0.2) is 30.1 Å². The number of nitrogens with zero attached hydrogens (tertiary/aromatic N) is 1. The molecule has 174 valence electrons. The van der Waals surface area contributed by atoms with Gasteiger partial charge in [-0.25, -0.2) is 4.98 Å². The van der Waals surface area contributed by atoms with Gasteiger partial charge in [-0.3, -0.25) is 4.79 Å². The number of carbonyl (C=O) groups is 1. The highest BCUT2D eigenvalue weighted by Gasteiger charge is 2.39. The van der Waals surface area contributed by atoms with E-state index in [0.717, 1.165) is 0 Å². The van der Waals surface area contributed by atoms with Crippen LogP contribution in [0.4, 0.5) is 32.0 Å². The second-order valence-electron chi connectivity index (χ2n) is 7.52. The van der Waals surface area contributed by atoms with Gasteiger partial charge in [0.05, 0.1) is 7.11 Å². The van der Waals surface area contributed by atoms with Crippen molar-refractivity contribution in [1.82, 2.24) is 10.3 Å². The maximum atomic E-state index is 13.0. The van der Waals surface area contributed by atoms with Crippen molar-refractivity contribution < 1.29 is 35.9 Å². The lowest BCUT2D eigenvalue weighted by atomic mass is 9.90. The SMILES string of the molecule is COc1ccc(C(=O)NC2CCC(Nc3cc(C(F)(F)F)nc(C(F)(F)F)c3)CC2)cc1. The Balaban J connectivity index is 1.60. The monoisotopic (exact) mass is 461 g/mol. The average Bonchev–Trinajstić information content (AvgIpc) is 2.73. The van der Waals surface area contributed by atoms with Crippen molar-refractivity contribution in [2.24, 2.45) is 0 Å². The molecule has 2 N–H and O–H groups in total. The molecule has 1 aromatic carbocycles. The van der Waals surface area contributed by atoms with Gasteiger partial charge >= 0.3 is 12.4 Å². The molecule has 0 spiro atoms. The molecule has 1 aromatic heterocycles. The first-order valence-electron chi connectivity index (χ1n) is 9.83. The summed E-state index contributed by atoms with van der Waals surface area (Å²) in [4.78, 5) is 15.1. The number of anilines is 1. The summed E-state index contributed by atoms with van der Waals surface area (Å²) in [5.74, 6) is 0.356. The van der Waals surface area contributed by atoms with E-state index in [2.05, 4.69) is 15.6 Å². The molecule has 32 heavy (non-hydrogen) atoms. The van der Waals surface area contributed by atoms with E-state index in [-0.39, 0.29) is 23.7 Å². The lowest BCUT2D eigenvalue weighted by Crippen LogP contribution is -2.40. The number of aromatic nitrogens is 1. The van der Waals surface area contributed by atoms with Crippen molar-refractivity contribution in [1.29, 1.82) is 0 Å². The quantitative estimate of drug-likeness (QED) is 0.595. The number of benzene rings is 1. The summed E-state index contributed by atoms with van der Waals surface area (Å²) in [6.45, 7) is 0. The van der Waals surface area contributed by atoms with E-state index in [9.17, 15) is 31.1 Å². The molecule has 1 aliphatic rings. The molecule has 1 heterocycles. The summed E-state index contributed by atoms with van der Waals surface area (Å²) >= 11 is 0. The van der Waals surface area contributed by atoms with E-state index in [1.165, 1.54) is 7.11 Å². The predicted octanol–water partition coefficient (Wildman–Crippen LogP) is 5.28. The number of hydrogen-bond donors (Lipinski definition) is 2. The summed E-state index contributed by atoms with van der Waals surface area (Å²) in [5, 5.41) is 5.66. The highest BCUT2D eigenvalue weighted by molar-refractivity contribution is 5.94. The second kappa shape index (κ2) is 9.25. The van der Waals surface area contributed by atoms with Gasteiger partial charge in [0, 0.05) is 23.3 Å². The Labute approximate surface area is 180 Å². The molecule has 11 heteroatoms. The van der Waals surface area contributed by atoms with Crippen LogP contribution in [0.15, 0.2) is 36.4 Å². The van der Waals surface area contributed by atoms with Gasteiger partial charge in [-0.05, 0) is 62.1 Å². The van der Waals surface area contributed by atoms with E-state index in [4.69, 9.17) is 4.74 Å². The third-order valence-electron chi connectivity index (χ3n) is 5.19. The number of ether oxygens (including phenoxy) is 1. The molecular weight excluding hydrogens is 440 g/mol. The fourth-order valence-corrected chi connectivity index (χ4v) is 3.53. The molecule has 0 atom stereocenters. The topological polar surface area (TPSA) is 63.2 Å². The molecular formula is C21H21F6N3O2. The normalized spacial score (nSPS) is 19.3. The Morgan fingerprint density at radius 1 is 0.906 bits per heavy atom. The lowest BCUT2D eigenvalue weighted by Gasteiger charge is -2.30. The Hall–Kier alpha value is -2.98. The van der Waals surface area contributed by atoms with Crippen molar-refractivity contribution in [2.45, 2.75) is 50.1 Å². The first-order chi connectivity index (χ1) is 15.0. The number of pyridine rings is 1. The third-order valence-corrected chi connectivity index (χ3v) is 5.19. The molecule has 0 unspecified atom stereocenters. The van der Waals surface area contributed by atoms with Gasteiger partial charge in [0.25, 0.3) is 5.91 Å². The van der Waals surface area contributed by atoms with Crippen LogP contribution in [0.2, 0.25) is 0 Å². The summed E-state index contributed by atoms with van der Waals surface area (Å²) in [6, 6.07) is 7.26. The van der Waals surface area contributed by atoms with Crippen LogP contribution in [0.1, 0.15) is 47.4 Å². The van der Waals surface area contributed by atoms with Gasteiger partial charge in [0.15, 0.2) is 0 Å². The highest BCUT2D eigenvalue weighted by atomic mass is 19.4. The van der Waals surface area contributed by atoms with Crippen molar-refractivity contribution >= 4 is 11.6 Å². The van der Waals surface area contributed by atoms with E-state index >= 15 is 0 Å². The summed E-state index contributed by atoms with van der Waals surface area (Å²) in [5.41, 5.74) is -3.03. The van der Waals surface area contributed by atoms with Crippen LogP contribution >= 0.6 is 0 Å². The number of methoxy groups -OCH3 is 1. The summed E-state index contributed by atoms with van der Waals surface area (Å²) < 4.78 is 82.8. The van der Waals surface area contributed by atoms with Crippen LogP contribution in [0.3, 0.4) is 0 Å². The Morgan fingerprint density at radius 3 is 1.88 bits per heavy atom. The van der Waals surface area contributed by atoms with Crippen molar-refractivity contribution in [3.05, 3.63) is 53.3 Å². The van der Waals surface area contributed by atoms with Crippen molar-refractivity contribution in [2.75, 3.05) is 12.4 Å². The third kappa shape index (κ3) is 6.04. The number of alkyl halides is 6. The van der Waals surface area contributed by atoms with Gasteiger partial charge in [0.2, 0.25) is 0 Å². The van der Waals surface area contributed by atoms with Crippen LogP contribution < -0.4 is 15.4 Å². The minimum absolute atomic E-state index is 0.142. The van der Waals surface area contributed by atoms with Gasteiger partial charge < -0.3 is 15.4 Å².